The second-order valence-electron chi connectivity index (χ2n) is 8.65. The molecule has 0 aliphatic carbocycles. The summed E-state index contributed by atoms with van der Waals surface area (Å²) in [6.07, 6.45) is 1.71. The molecule has 0 fully saturated rings. The van der Waals surface area contributed by atoms with Gasteiger partial charge >= 0.3 is 0 Å². The third kappa shape index (κ3) is 4.09. The molecule has 1 aliphatic heterocycles. The van der Waals surface area contributed by atoms with Crippen molar-refractivity contribution in [3.05, 3.63) is 94.9 Å². The van der Waals surface area contributed by atoms with Gasteiger partial charge < -0.3 is 10.1 Å². The molecule has 0 spiro atoms. The van der Waals surface area contributed by atoms with Crippen LogP contribution in [0, 0.1) is 5.82 Å². The van der Waals surface area contributed by atoms with Gasteiger partial charge in [0.25, 0.3) is 0 Å². The summed E-state index contributed by atoms with van der Waals surface area (Å²) in [7, 11) is 0. The molecule has 1 atom stereocenters. The van der Waals surface area contributed by atoms with Crippen LogP contribution in [-0.4, -0.2) is 21.1 Å². The highest BCUT2D eigenvalue weighted by Crippen LogP contribution is 2.40. The van der Waals surface area contributed by atoms with E-state index in [1.165, 1.54) is 12.1 Å². The van der Waals surface area contributed by atoms with Gasteiger partial charge in [-0.1, -0.05) is 18.2 Å². The Kier molecular flexibility index (Phi) is 5.65. The Bertz CT molecular complexity index is 1600. The van der Waals surface area contributed by atoms with Gasteiger partial charge in [0, 0.05) is 35.3 Å². The maximum absolute atomic E-state index is 14.3. The highest BCUT2D eigenvalue weighted by atomic mass is 32.1. The lowest BCUT2D eigenvalue weighted by atomic mass is 9.96. The molecule has 0 saturated carbocycles. The van der Waals surface area contributed by atoms with Gasteiger partial charge in [0.15, 0.2) is 0 Å². The van der Waals surface area contributed by atoms with E-state index < -0.39 is 5.82 Å². The van der Waals surface area contributed by atoms with Gasteiger partial charge in [-0.2, -0.15) is 0 Å². The molecule has 0 saturated heterocycles. The number of aromatic nitrogens is 3. The first-order chi connectivity index (χ1) is 17.6. The maximum Gasteiger partial charge on any atom is 0.224 e. The molecule has 0 radical (unpaired) electrons. The third-order valence-corrected chi connectivity index (χ3v) is 7.22. The van der Waals surface area contributed by atoms with E-state index in [0.717, 1.165) is 38.2 Å². The molecule has 0 bridgehead atoms. The van der Waals surface area contributed by atoms with E-state index in [2.05, 4.69) is 26.6 Å². The standard InChI is InChI=1S/C28H21FN4O2S/c1-16(23-4-2-3-10-30-23)35-24-14-20(29)7-8-21(24)27-28-22(9-11-36-28)26(32-33-27)18-6-5-17-13-25(34)31-15-19(17)12-18/h2-12,14,16H,13,15H2,1H3,(H,31,34). The molecule has 2 aromatic carbocycles. The van der Waals surface area contributed by atoms with Crippen LogP contribution in [0.2, 0.25) is 0 Å². The largest absolute Gasteiger partial charge is 0.484 e. The van der Waals surface area contributed by atoms with Crippen molar-refractivity contribution in [2.75, 3.05) is 0 Å². The fourth-order valence-electron chi connectivity index (χ4n) is 4.46. The molecule has 6 rings (SSSR count). The number of rotatable bonds is 5. The summed E-state index contributed by atoms with van der Waals surface area (Å²) < 4.78 is 21.4. The van der Waals surface area contributed by atoms with Gasteiger partial charge in [0.2, 0.25) is 5.91 Å². The lowest BCUT2D eigenvalue weighted by molar-refractivity contribution is -0.121. The predicted octanol–water partition coefficient (Wildman–Crippen LogP) is 5.87. The van der Waals surface area contributed by atoms with E-state index in [9.17, 15) is 9.18 Å². The third-order valence-electron chi connectivity index (χ3n) is 6.30. The van der Waals surface area contributed by atoms with Crippen LogP contribution in [0.5, 0.6) is 5.75 Å². The molecule has 5 aromatic rings. The van der Waals surface area contributed by atoms with Gasteiger partial charge in [-0.3, -0.25) is 9.78 Å². The maximum atomic E-state index is 14.3. The molecule has 8 heteroatoms. The SMILES string of the molecule is CC(Oc1cc(F)ccc1-c1nnc(-c2ccc3c(c2)CNC(=O)C3)c2ccsc12)c1ccccn1. The second kappa shape index (κ2) is 9.13. The van der Waals surface area contributed by atoms with Crippen molar-refractivity contribution in [2.24, 2.45) is 0 Å². The number of pyridine rings is 1. The number of ether oxygens (including phenoxy) is 1. The van der Waals surface area contributed by atoms with Crippen molar-refractivity contribution in [2.45, 2.75) is 26.0 Å². The minimum absolute atomic E-state index is 0.0364. The van der Waals surface area contributed by atoms with Gasteiger partial charge in [-0.15, -0.1) is 21.5 Å². The molecule has 1 N–H and O–H groups in total. The number of amides is 1. The second-order valence-corrected chi connectivity index (χ2v) is 9.57. The Balaban J connectivity index is 1.41. The highest BCUT2D eigenvalue weighted by molar-refractivity contribution is 7.17. The average molecular weight is 497 g/mol. The Morgan fingerprint density at radius 2 is 1.92 bits per heavy atom. The number of benzene rings is 2. The molecular weight excluding hydrogens is 475 g/mol. The number of carbonyl (C=O) groups excluding carboxylic acids is 1. The molecule has 1 amide bonds. The Morgan fingerprint density at radius 3 is 2.78 bits per heavy atom. The van der Waals surface area contributed by atoms with Crippen LogP contribution in [0.3, 0.4) is 0 Å². The summed E-state index contributed by atoms with van der Waals surface area (Å²) in [5.74, 6) is 0.0267. The first-order valence-corrected chi connectivity index (χ1v) is 12.4. The van der Waals surface area contributed by atoms with Crippen LogP contribution in [-0.2, 0) is 17.8 Å². The first-order valence-electron chi connectivity index (χ1n) is 11.6. The monoisotopic (exact) mass is 496 g/mol. The molecule has 6 nitrogen and oxygen atoms in total. The van der Waals surface area contributed by atoms with Crippen LogP contribution < -0.4 is 10.1 Å². The van der Waals surface area contributed by atoms with Gasteiger partial charge in [0.1, 0.15) is 29.1 Å². The van der Waals surface area contributed by atoms with Gasteiger partial charge in [-0.05, 0) is 59.8 Å². The molecule has 3 aromatic heterocycles. The number of hydrogen-bond donors (Lipinski definition) is 1. The molecule has 1 aliphatic rings. The molecule has 36 heavy (non-hydrogen) atoms. The fraction of sp³-hybridized carbons (Fsp3) is 0.143. The zero-order valence-electron chi connectivity index (χ0n) is 19.4. The van der Waals surface area contributed by atoms with Crippen molar-refractivity contribution in [3.8, 4) is 28.3 Å². The Morgan fingerprint density at radius 1 is 1.03 bits per heavy atom. The predicted molar refractivity (Wildman–Crippen MR) is 137 cm³/mol. The normalized spacial score (nSPS) is 13.8. The lowest BCUT2D eigenvalue weighted by Gasteiger charge is -2.18. The van der Waals surface area contributed by atoms with E-state index in [1.54, 1.807) is 23.6 Å². The number of halogens is 1. The smallest absolute Gasteiger partial charge is 0.224 e. The lowest BCUT2D eigenvalue weighted by Crippen LogP contribution is -2.30. The summed E-state index contributed by atoms with van der Waals surface area (Å²) in [6.45, 7) is 2.38. The number of nitrogens with zero attached hydrogens (tertiary/aromatic N) is 3. The van der Waals surface area contributed by atoms with Crippen LogP contribution in [0.1, 0.15) is 29.8 Å². The van der Waals surface area contributed by atoms with E-state index in [1.807, 2.05) is 48.7 Å². The molecule has 1 unspecified atom stereocenters. The fourth-order valence-corrected chi connectivity index (χ4v) is 5.36. The number of nitrogens with one attached hydrogen (secondary N) is 1. The van der Waals surface area contributed by atoms with Crippen LogP contribution >= 0.6 is 11.3 Å². The number of thiophene rings is 1. The van der Waals surface area contributed by atoms with Crippen LogP contribution in [0.15, 0.2) is 72.2 Å². The van der Waals surface area contributed by atoms with Crippen molar-refractivity contribution < 1.29 is 13.9 Å². The Hall–Kier alpha value is -4.17. The summed E-state index contributed by atoms with van der Waals surface area (Å²) in [5, 5.41) is 15.0. The molecule has 178 valence electrons. The highest BCUT2D eigenvalue weighted by Gasteiger charge is 2.21. The van der Waals surface area contributed by atoms with Crippen molar-refractivity contribution >= 4 is 27.3 Å². The Labute approximate surface area is 210 Å². The van der Waals surface area contributed by atoms with Crippen LogP contribution in [0.4, 0.5) is 4.39 Å². The average Bonchev–Trinajstić information content (AvgIpc) is 3.39. The number of hydrogen-bond acceptors (Lipinski definition) is 6. The summed E-state index contributed by atoms with van der Waals surface area (Å²) in [6, 6.07) is 18.1. The van der Waals surface area contributed by atoms with E-state index in [-0.39, 0.29) is 12.0 Å². The minimum atomic E-state index is -0.393. The van der Waals surface area contributed by atoms with E-state index in [0.29, 0.717) is 30.0 Å². The van der Waals surface area contributed by atoms with Crippen molar-refractivity contribution in [1.29, 1.82) is 0 Å². The van der Waals surface area contributed by atoms with Crippen molar-refractivity contribution in [3.63, 3.8) is 0 Å². The zero-order chi connectivity index (χ0) is 24.6. The summed E-state index contributed by atoms with van der Waals surface area (Å²) in [4.78, 5) is 16.1. The van der Waals surface area contributed by atoms with E-state index >= 15 is 0 Å². The van der Waals surface area contributed by atoms with Gasteiger partial charge in [-0.25, -0.2) is 4.39 Å². The summed E-state index contributed by atoms with van der Waals surface area (Å²) >= 11 is 1.55. The molecule has 4 heterocycles. The van der Waals surface area contributed by atoms with Gasteiger partial charge in [0.05, 0.1) is 16.8 Å². The van der Waals surface area contributed by atoms with Crippen LogP contribution in [0.25, 0.3) is 32.6 Å². The quantitative estimate of drug-likeness (QED) is 0.329. The van der Waals surface area contributed by atoms with E-state index in [4.69, 9.17) is 4.74 Å². The topological polar surface area (TPSA) is 77.0 Å². The first kappa shape index (κ1) is 22.3. The minimum Gasteiger partial charge on any atom is -0.484 e. The van der Waals surface area contributed by atoms with Crippen molar-refractivity contribution in [1.82, 2.24) is 20.5 Å². The number of carbonyl (C=O) groups is 1. The zero-order valence-corrected chi connectivity index (χ0v) is 20.2. The molecular formula is C28H21FN4O2S. The summed E-state index contributed by atoms with van der Waals surface area (Å²) in [5.41, 5.74) is 5.87. The number of fused-ring (bicyclic) bond motifs is 2.